The van der Waals surface area contributed by atoms with Crippen molar-refractivity contribution in [3.8, 4) is 11.5 Å². The lowest BCUT2D eigenvalue weighted by Gasteiger charge is -2.08. The first-order chi connectivity index (χ1) is 8.74. The van der Waals surface area contributed by atoms with E-state index in [2.05, 4.69) is 9.97 Å². The van der Waals surface area contributed by atoms with E-state index in [0.29, 0.717) is 13.2 Å². The number of rotatable bonds is 5. The van der Waals surface area contributed by atoms with Crippen molar-refractivity contribution in [2.75, 3.05) is 13.2 Å². The first-order valence-electron chi connectivity index (χ1n) is 5.85. The molecule has 2 rings (SSSR count). The number of pyridine rings is 2. The number of nitrogens with zero attached hydrogens (tertiary/aromatic N) is 2. The second-order valence-corrected chi connectivity index (χ2v) is 3.97. The van der Waals surface area contributed by atoms with Gasteiger partial charge in [-0.3, -0.25) is 9.97 Å². The minimum absolute atomic E-state index is 0.485. The van der Waals surface area contributed by atoms with Crippen molar-refractivity contribution < 1.29 is 9.47 Å². The molecule has 0 aliphatic rings. The van der Waals surface area contributed by atoms with Crippen LogP contribution in [0.4, 0.5) is 0 Å². The first kappa shape index (κ1) is 12.4. The zero-order chi connectivity index (χ0) is 12.8. The molecule has 0 N–H and O–H groups in total. The van der Waals surface area contributed by atoms with E-state index in [0.717, 1.165) is 22.9 Å². The minimum atomic E-state index is 0.485. The zero-order valence-electron chi connectivity index (χ0n) is 10.6. The van der Waals surface area contributed by atoms with E-state index in [1.54, 1.807) is 12.4 Å². The Morgan fingerprint density at radius 1 is 0.778 bits per heavy atom. The summed E-state index contributed by atoms with van der Waals surface area (Å²) in [5, 5.41) is 0. The van der Waals surface area contributed by atoms with Gasteiger partial charge in [0, 0.05) is 11.4 Å². The highest BCUT2D eigenvalue weighted by Gasteiger charge is 1.96. The van der Waals surface area contributed by atoms with Crippen LogP contribution in [0.15, 0.2) is 36.7 Å². The van der Waals surface area contributed by atoms with Crippen molar-refractivity contribution in [1.82, 2.24) is 9.97 Å². The van der Waals surface area contributed by atoms with Crippen molar-refractivity contribution in [3.05, 3.63) is 48.0 Å². The summed E-state index contributed by atoms with van der Waals surface area (Å²) in [4.78, 5) is 8.30. The maximum Gasteiger partial charge on any atom is 0.137 e. The van der Waals surface area contributed by atoms with Crippen LogP contribution in [-0.4, -0.2) is 23.2 Å². The molecule has 0 unspecified atom stereocenters. The van der Waals surface area contributed by atoms with Crippen molar-refractivity contribution in [3.63, 3.8) is 0 Å². The monoisotopic (exact) mass is 244 g/mol. The first-order valence-corrected chi connectivity index (χ1v) is 5.85. The van der Waals surface area contributed by atoms with E-state index in [4.69, 9.17) is 9.47 Å². The molecule has 0 spiro atoms. The molecule has 0 atom stereocenters. The Labute approximate surface area is 107 Å². The molecule has 2 aromatic rings. The predicted octanol–water partition coefficient (Wildman–Crippen LogP) is 2.55. The van der Waals surface area contributed by atoms with Crippen LogP contribution in [0, 0.1) is 13.8 Å². The largest absolute Gasteiger partial charge is 0.488 e. The topological polar surface area (TPSA) is 44.2 Å². The van der Waals surface area contributed by atoms with Crippen LogP contribution >= 0.6 is 0 Å². The standard InChI is InChI=1S/C14H16N2O2/c1-11-3-5-13(9-15-11)17-7-8-18-14-6-4-12(2)16-10-14/h3-6,9-10H,7-8H2,1-2H3. The number of aryl methyl sites for hydroxylation is 2. The van der Waals surface area contributed by atoms with E-state index in [9.17, 15) is 0 Å². The van der Waals surface area contributed by atoms with Crippen molar-refractivity contribution >= 4 is 0 Å². The lowest BCUT2D eigenvalue weighted by atomic mass is 10.4. The van der Waals surface area contributed by atoms with Gasteiger partial charge >= 0.3 is 0 Å². The Bertz CT molecular complexity index is 433. The average molecular weight is 244 g/mol. The van der Waals surface area contributed by atoms with Crippen LogP contribution < -0.4 is 9.47 Å². The summed E-state index contributed by atoms with van der Waals surface area (Å²) in [5.41, 5.74) is 1.95. The van der Waals surface area contributed by atoms with Crippen molar-refractivity contribution in [2.45, 2.75) is 13.8 Å². The molecule has 4 nitrogen and oxygen atoms in total. The zero-order valence-corrected chi connectivity index (χ0v) is 10.6. The van der Waals surface area contributed by atoms with Crippen LogP contribution in [0.5, 0.6) is 11.5 Å². The van der Waals surface area contributed by atoms with E-state index >= 15 is 0 Å². The number of hydrogen-bond donors (Lipinski definition) is 0. The van der Waals surface area contributed by atoms with Gasteiger partial charge in [0.05, 0.1) is 12.4 Å². The Balaban J connectivity index is 1.73. The second kappa shape index (κ2) is 6.00. The molecule has 0 bridgehead atoms. The highest BCUT2D eigenvalue weighted by molar-refractivity contribution is 5.20. The Morgan fingerprint density at radius 3 is 1.56 bits per heavy atom. The summed E-state index contributed by atoms with van der Waals surface area (Å²) < 4.78 is 11.0. The summed E-state index contributed by atoms with van der Waals surface area (Å²) in [7, 11) is 0. The molecule has 0 radical (unpaired) electrons. The van der Waals surface area contributed by atoms with Gasteiger partial charge in [0.15, 0.2) is 0 Å². The van der Waals surface area contributed by atoms with Crippen molar-refractivity contribution in [1.29, 1.82) is 0 Å². The summed E-state index contributed by atoms with van der Waals surface area (Å²) in [6, 6.07) is 7.63. The molecule has 0 aliphatic carbocycles. The van der Waals surface area contributed by atoms with Gasteiger partial charge in [0.25, 0.3) is 0 Å². The Kier molecular flexibility index (Phi) is 4.12. The highest BCUT2D eigenvalue weighted by atomic mass is 16.5. The second-order valence-electron chi connectivity index (χ2n) is 3.97. The van der Waals surface area contributed by atoms with Gasteiger partial charge in [-0.1, -0.05) is 0 Å². The van der Waals surface area contributed by atoms with Crippen LogP contribution in [-0.2, 0) is 0 Å². The van der Waals surface area contributed by atoms with Crippen LogP contribution in [0.3, 0.4) is 0 Å². The van der Waals surface area contributed by atoms with Gasteiger partial charge in [0.2, 0.25) is 0 Å². The smallest absolute Gasteiger partial charge is 0.137 e. The SMILES string of the molecule is Cc1ccc(OCCOc2ccc(C)nc2)cn1. The van der Waals surface area contributed by atoms with E-state index in [1.165, 1.54) is 0 Å². The summed E-state index contributed by atoms with van der Waals surface area (Å²) in [6.45, 7) is 4.85. The molecule has 0 saturated heterocycles. The normalized spacial score (nSPS) is 10.1. The molecular weight excluding hydrogens is 228 g/mol. The van der Waals surface area contributed by atoms with Crippen molar-refractivity contribution in [2.24, 2.45) is 0 Å². The molecule has 0 saturated carbocycles. The molecule has 0 aliphatic heterocycles. The molecule has 94 valence electrons. The maximum atomic E-state index is 5.50. The van der Waals surface area contributed by atoms with Gasteiger partial charge in [-0.2, -0.15) is 0 Å². The lowest BCUT2D eigenvalue weighted by Crippen LogP contribution is -2.09. The van der Waals surface area contributed by atoms with E-state index < -0.39 is 0 Å². The van der Waals surface area contributed by atoms with Gasteiger partial charge in [0.1, 0.15) is 24.7 Å². The van der Waals surface area contributed by atoms with Crippen LogP contribution in [0.25, 0.3) is 0 Å². The maximum absolute atomic E-state index is 5.50. The lowest BCUT2D eigenvalue weighted by molar-refractivity contribution is 0.216. The highest BCUT2D eigenvalue weighted by Crippen LogP contribution is 2.10. The van der Waals surface area contributed by atoms with Crippen LogP contribution in [0.2, 0.25) is 0 Å². The average Bonchev–Trinajstić information content (AvgIpc) is 2.39. The van der Waals surface area contributed by atoms with Gasteiger partial charge < -0.3 is 9.47 Å². The molecular formula is C14H16N2O2. The predicted molar refractivity (Wildman–Crippen MR) is 68.9 cm³/mol. The van der Waals surface area contributed by atoms with E-state index in [-0.39, 0.29) is 0 Å². The fourth-order valence-electron chi connectivity index (χ4n) is 1.40. The number of aromatic nitrogens is 2. The molecule has 4 heteroatoms. The third kappa shape index (κ3) is 3.73. The summed E-state index contributed by atoms with van der Waals surface area (Å²) in [6.07, 6.45) is 3.42. The third-order valence-corrected chi connectivity index (χ3v) is 2.39. The van der Waals surface area contributed by atoms with Gasteiger partial charge in [-0.15, -0.1) is 0 Å². The molecule has 0 amide bonds. The Hall–Kier alpha value is -2.10. The molecule has 2 heterocycles. The fourth-order valence-corrected chi connectivity index (χ4v) is 1.40. The molecule has 0 fully saturated rings. The summed E-state index contributed by atoms with van der Waals surface area (Å²) in [5.74, 6) is 1.51. The Morgan fingerprint density at radius 2 is 1.22 bits per heavy atom. The van der Waals surface area contributed by atoms with Gasteiger partial charge in [-0.05, 0) is 38.1 Å². The molecule has 18 heavy (non-hydrogen) atoms. The minimum Gasteiger partial charge on any atom is -0.488 e. The van der Waals surface area contributed by atoms with Crippen LogP contribution in [0.1, 0.15) is 11.4 Å². The molecule has 2 aromatic heterocycles. The van der Waals surface area contributed by atoms with Gasteiger partial charge in [-0.25, -0.2) is 0 Å². The quantitative estimate of drug-likeness (QED) is 0.758. The van der Waals surface area contributed by atoms with E-state index in [1.807, 2.05) is 38.1 Å². The number of ether oxygens (including phenoxy) is 2. The molecule has 0 aromatic carbocycles. The number of hydrogen-bond acceptors (Lipinski definition) is 4. The fraction of sp³-hybridized carbons (Fsp3) is 0.286. The summed E-state index contributed by atoms with van der Waals surface area (Å²) >= 11 is 0. The third-order valence-electron chi connectivity index (χ3n) is 2.39.